The minimum atomic E-state index is -0.123. The molecule has 2 rings (SSSR count). The number of nitrogens with zero attached hydrogens (tertiary/aromatic N) is 1. The number of nitrogens with one attached hydrogen (secondary N) is 2. The van der Waals surface area contributed by atoms with Crippen molar-refractivity contribution in [1.82, 2.24) is 10.2 Å². The molecule has 1 aromatic heterocycles. The van der Waals surface area contributed by atoms with Crippen molar-refractivity contribution in [2.75, 3.05) is 5.32 Å². The molecule has 0 aliphatic heterocycles. The van der Waals surface area contributed by atoms with Crippen molar-refractivity contribution in [3.05, 3.63) is 46.1 Å². The van der Waals surface area contributed by atoms with Crippen LogP contribution in [-0.2, 0) is 0 Å². The topological polar surface area (TPSA) is 57.8 Å². The lowest BCUT2D eigenvalue weighted by atomic mass is 10.1. The van der Waals surface area contributed by atoms with Crippen LogP contribution < -0.4 is 5.32 Å². The number of benzene rings is 1. The van der Waals surface area contributed by atoms with Gasteiger partial charge < -0.3 is 5.32 Å². The van der Waals surface area contributed by atoms with Crippen LogP contribution in [0.4, 0.5) is 5.82 Å². The maximum Gasteiger partial charge on any atom is 0.257 e. The van der Waals surface area contributed by atoms with E-state index in [1.807, 2.05) is 45.9 Å². The second-order valence-electron chi connectivity index (χ2n) is 4.59. The molecule has 18 heavy (non-hydrogen) atoms. The van der Waals surface area contributed by atoms with Gasteiger partial charge in [-0.1, -0.05) is 17.7 Å². The highest BCUT2D eigenvalue weighted by atomic mass is 16.1. The SMILES string of the molecule is Cc1ccc(C(=O)Nc2n[nH]c(C)c2C)c(C)c1. The summed E-state index contributed by atoms with van der Waals surface area (Å²) in [6.07, 6.45) is 0. The Morgan fingerprint density at radius 1 is 1.22 bits per heavy atom. The standard InChI is InChI=1S/C14H17N3O/c1-8-5-6-12(9(2)7-8)14(18)15-13-10(3)11(4)16-17-13/h5-7H,1-4H3,(H2,15,16,17,18). The van der Waals surface area contributed by atoms with E-state index in [0.717, 1.165) is 22.4 Å². The smallest absolute Gasteiger partial charge is 0.257 e. The van der Waals surface area contributed by atoms with Crippen LogP contribution in [0.3, 0.4) is 0 Å². The van der Waals surface area contributed by atoms with Gasteiger partial charge in [0.15, 0.2) is 5.82 Å². The van der Waals surface area contributed by atoms with Gasteiger partial charge in [0.05, 0.1) is 0 Å². The van der Waals surface area contributed by atoms with E-state index in [4.69, 9.17) is 0 Å². The van der Waals surface area contributed by atoms with Crippen LogP contribution in [0.15, 0.2) is 18.2 Å². The van der Waals surface area contributed by atoms with Gasteiger partial charge in [-0.3, -0.25) is 9.89 Å². The van der Waals surface area contributed by atoms with Crippen molar-refractivity contribution in [3.8, 4) is 0 Å². The van der Waals surface area contributed by atoms with Crippen LogP contribution in [0, 0.1) is 27.7 Å². The molecule has 0 saturated heterocycles. The van der Waals surface area contributed by atoms with Crippen molar-refractivity contribution in [1.29, 1.82) is 0 Å². The highest BCUT2D eigenvalue weighted by Crippen LogP contribution is 2.17. The molecule has 0 unspecified atom stereocenters. The molecule has 2 aromatic rings. The molecule has 0 radical (unpaired) electrons. The molecule has 0 saturated carbocycles. The highest BCUT2D eigenvalue weighted by molar-refractivity contribution is 6.05. The first-order chi connectivity index (χ1) is 8.49. The van der Waals surface area contributed by atoms with Crippen molar-refractivity contribution < 1.29 is 4.79 Å². The summed E-state index contributed by atoms with van der Waals surface area (Å²) in [6.45, 7) is 7.80. The molecule has 0 bridgehead atoms. The van der Waals surface area contributed by atoms with Crippen molar-refractivity contribution >= 4 is 11.7 Å². The Labute approximate surface area is 106 Å². The fraction of sp³-hybridized carbons (Fsp3) is 0.286. The number of aromatic nitrogens is 2. The van der Waals surface area contributed by atoms with E-state index in [1.54, 1.807) is 0 Å². The maximum atomic E-state index is 12.1. The molecule has 0 aliphatic rings. The molecule has 1 heterocycles. The lowest BCUT2D eigenvalue weighted by Crippen LogP contribution is -2.14. The third kappa shape index (κ3) is 2.27. The summed E-state index contributed by atoms with van der Waals surface area (Å²) in [5, 5.41) is 9.75. The largest absolute Gasteiger partial charge is 0.305 e. The summed E-state index contributed by atoms with van der Waals surface area (Å²) in [5.74, 6) is 0.472. The molecule has 1 amide bonds. The lowest BCUT2D eigenvalue weighted by Gasteiger charge is -2.07. The van der Waals surface area contributed by atoms with E-state index in [-0.39, 0.29) is 5.91 Å². The van der Waals surface area contributed by atoms with Crippen LogP contribution in [0.5, 0.6) is 0 Å². The third-order valence-corrected chi connectivity index (χ3v) is 3.11. The molecule has 94 valence electrons. The fourth-order valence-corrected chi connectivity index (χ4v) is 1.85. The third-order valence-electron chi connectivity index (χ3n) is 3.11. The second kappa shape index (κ2) is 4.64. The number of amides is 1. The van der Waals surface area contributed by atoms with Gasteiger partial charge in [0.1, 0.15) is 0 Å². The van der Waals surface area contributed by atoms with Gasteiger partial charge in [-0.05, 0) is 39.3 Å². The van der Waals surface area contributed by atoms with Crippen molar-refractivity contribution in [3.63, 3.8) is 0 Å². The molecular formula is C14H17N3O. The number of aryl methyl sites for hydroxylation is 3. The van der Waals surface area contributed by atoms with Gasteiger partial charge in [-0.15, -0.1) is 0 Å². The van der Waals surface area contributed by atoms with Crippen LogP contribution in [0.25, 0.3) is 0 Å². The number of rotatable bonds is 2. The van der Waals surface area contributed by atoms with Gasteiger partial charge in [0, 0.05) is 16.8 Å². The van der Waals surface area contributed by atoms with E-state index < -0.39 is 0 Å². The van der Waals surface area contributed by atoms with Gasteiger partial charge >= 0.3 is 0 Å². The maximum absolute atomic E-state index is 12.1. The zero-order valence-corrected chi connectivity index (χ0v) is 11.1. The van der Waals surface area contributed by atoms with E-state index in [2.05, 4.69) is 15.5 Å². The minimum Gasteiger partial charge on any atom is -0.305 e. The monoisotopic (exact) mass is 243 g/mol. The van der Waals surface area contributed by atoms with Crippen LogP contribution in [-0.4, -0.2) is 16.1 Å². The zero-order valence-electron chi connectivity index (χ0n) is 11.1. The molecule has 4 nitrogen and oxygen atoms in total. The Bertz CT molecular complexity index is 599. The average Bonchev–Trinajstić information content (AvgIpc) is 2.61. The number of hydrogen-bond acceptors (Lipinski definition) is 2. The summed E-state index contributed by atoms with van der Waals surface area (Å²) in [7, 11) is 0. The van der Waals surface area contributed by atoms with Crippen LogP contribution in [0.2, 0.25) is 0 Å². The summed E-state index contributed by atoms with van der Waals surface area (Å²) in [6, 6.07) is 5.77. The summed E-state index contributed by atoms with van der Waals surface area (Å²) < 4.78 is 0. The summed E-state index contributed by atoms with van der Waals surface area (Å²) >= 11 is 0. The number of carbonyl (C=O) groups excluding carboxylic acids is 1. The van der Waals surface area contributed by atoms with E-state index in [1.165, 1.54) is 0 Å². The Morgan fingerprint density at radius 2 is 1.94 bits per heavy atom. The molecule has 2 N–H and O–H groups in total. The molecule has 0 fully saturated rings. The molecular weight excluding hydrogens is 226 g/mol. The summed E-state index contributed by atoms with van der Waals surface area (Å²) in [5.41, 5.74) is 4.73. The first-order valence-electron chi connectivity index (χ1n) is 5.89. The van der Waals surface area contributed by atoms with Gasteiger partial charge in [0.25, 0.3) is 5.91 Å². The number of hydrogen-bond donors (Lipinski definition) is 2. The Morgan fingerprint density at radius 3 is 2.50 bits per heavy atom. The Hall–Kier alpha value is -2.10. The summed E-state index contributed by atoms with van der Waals surface area (Å²) in [4.78, 5) is 12.1. The van der Waals surface area contributed by atoms with Gasteiger partial charge in [-0.25, -0.2) is 0 Å². The molecule has 4 heteroatoms. The lowest BCUT2D eigenvalue weighted by molar-refractivity contribution is 0.102. The van der Waals surface area contributed by atoms with Crippen molar-refractivity contribution in [2.24, 2.45) is 0 Å². The first kappa shape index (κ1) is 12.4. The van der Waals surface area contributed by atoms with E-state index in [9.17, 15) is 4.79 Å². The molecule has 0 spiro atoms. The van der Waals surface area contributed by atoms with E-state index >= 15 is 0 Å². The number of anilines is 1. The number of H-pyrrole nitrogens is 1. The van der Waals surface area contributed by atoms with Crippen molar-refractivity contribution in [2.45, 2.75) is 27.7 Å². The van der Waals surface area contributed by atoms with Crippen LogP contribution in [0.1, 0.15) is 32.7 Å². The molecule has 0 atom stereocenters. The first-order valence-corrected chi connectivity index (χ1v) is 5.89. The minimum absolute atomic E-state index is 0.123. The van der Waals surface area contributed by atoms with E-state index in [0.29, 0.717) is 11.4 Å². The van der Waals surface area contributed by atoms with Crippen LogP contribution >= 0.6 is 0 Å². The number of aromatic amines is 1. The predicted molar refractivity (Wildman–Crippen MR) is 71.9 cm³/mol. The number of carbonyl (C=O) groups is 1. The van der Waals surface area contributed by atoms with Gasteiger partial charge in [0.2, 0.25) is 0 Å². The Kier molecular flexibility index (Phi) is 3.19. The zero-order chi connectivity index (χ0) is 13.3. The fourth-order valence-electron chi connectivity index (χ4n) is 1.85. The predicted octanol–water partition coefficient (Wildman–Crippen LogP) is 2.90. The Balaban J connectivity index is 2.25. The quantitative estimate of drug-likeness (QED) is 0.852. The highest BCUT2D eigenvalue weighted by Gasteiger charge is 2.13. The normalized spacial score (nSPS) is 10.4. The second-order valence-corrected chi connectivity index (χ2v) is 4.59. The van der Waals surface area contributed by atoms with Gasteiger partial charge in [-0.2, -0.15) is 5.10 Å². The average molecular weight is 243 g/mol. The molecule has 1 aromatic carbocycles. The molecule has 0 aliphatic carbocycles.